The van der Waals surface area contributed by atoms with Crippen LogP contribution in [0.2, 0.25) is 0 Å². The Morgan fingerprint density at radius 3 is 2.79 bits per heavy atom. The van der Waals surface area contributed by atoms with Gasteiger partial charge in [-0.3, -0.25) is 4.72 Å². The number of hydrogen-bond donors (Lipinski definition) is 2. The van der Waals surface area contributed by atoms with Gasteiger partial charge in [-0.05, 0) is 25.0 Å². The van der Waals surface area contributed by atoms with Crippen LogP contribution in [0.3, 0.4) is 0 Å². The molecule has 0 radical (unpaired) electrons. The zero-order valence-electron chi connectivity index (χ0n) is 7.47. The predicted octanol–water partition coefficient (Wildman–Crippen LogP) is 0.568. The molecule has 5 nitrogen and oxygen atoms in total. The first-order valence-electron chi connectivity index (χ1n) is 4.32. The van der Waals surface area contributed by atoms with Crippen molar-refractivity contribution in [1.82, 2.24) is 4.98 Å². The van der Waals surface area contributed by atoms with Gasteiger partial charge >= 0.3 is 0 Å². The van der Waals surface area contributed by atoms with Crippen LogP contribution >= 0.6 is 0 Å². The Labute approximate surface area is 82.4 Å². The van der Waals surface area contributed by atoms with E-state index in [4.69, 9.17) is 5.73 Å². The number of nitrogens with zero attached hydrogens (tertiary/aromatic N) is 1. The second-order valence-corrected chi connectivity index (χ2v) is 5.25. The molecular weight excluding hydrogens is 202 g/mol. The molecule has 0 saturated heterocycles. The largest absolute Gasteiger partial charge is 0.396 e. The Bertz CT molecular complexity index is 440. The molecule has 1 saturated carbocycles. The van der Waals surface area contributed by atoms with Gasteiger partial charge in [0.1, 0.15) is 0 Å². The minimum atomic E-state index is -3.26. The lowest BCUT2D eigenvalue weighted by Crippen LogP contribution is -2.18. The van der Waals surface area contributed by atoms with Gasteiger partial charge in [0.25, 0.3) is 0 Å². The van der Waals surface area contributed by atoms with Crippen molar-refractivity contribution >= 4 is 21.5 Å². The van der Waals surface area contributed by atoms with Crippen LogP contribution < -0.4 is 10.5 Å². The third-order valence-electron chi connectivity index (χ3n) is 2.04. The van der Waals surface area contributed by atoms with Crippen molar-refractivity contribution in [2.45, 2.75) is 18.1 Å². The van der Waals surface area contributed by atoms with Gasteiger partial charge in [0.05, 0.1) is 10.9 Å². The normalized spacial score (nSPS) is 16.6. The van der Waals surface area contributed by atoms with Gasteiger partial charge in [-0.25, -0.2) is 13.4 Å². The van der Waals surface area contributed by atoms with E-state index in [1.807, 2.05) is 0 Å². The number of aromatic nitrogens is 1. The van der Waals surface area contributed by atoms with Crippen LogP contribution in [-0.4, -0.2) is 18.7 Å². The van der Waals surface area contributed by atoms with Gasteiger partial charge in [0.2, 0.25) is 10.0 Å². The van der Waals surface area contributed by atoms with Crippen LogP contribution in [0.5, 0.6) is 0 Å². The van der Waals surface area contributed by atoms with Gasteiger partial charge in [0.15, 0.2) is 5.82 Å². The molecule has 76 valence electrons. The number of nitrogens with one attached hydrogen (secondary N) is 1. The molecule has 0 unspecified atom stereocenters. The van der Waals surface area contributed by atoms with Gasteiger partial charge in [-0.15, -0.1) is 0 Å². The smallest absolute Gasteiger partial charge is 0.236 e. The summed E-state index contributed by atoms with van der Waals surface area (Å²) in [5.74, 6) is 0.222. The first-order chi connectivity index (χ1) is 6.59. The van der Waals surface area contributed by atoms with E-state index in [0.29, 0.717) is 5.69 Å². The summed E-state index contributed by atoms with van der Waals surface area (Å²) in [6, 6.07) is 3.27. The average molecular weight is 213 g/mol. The number of pyridine rings is 1. The molecular formula is C8H11N3O2S. The summed E-state index contributed by atoms with van der Waals surface area (Å²) in [6.07, 6.45) is 2.95. The van der Waals surface area contributed by atoms with Crippen LogP contribution in [0.4, 0.5) is 11.5 Å². The summed E-state index contributed by atoms with van der Waals surface area (Å²) in [7, 11) is -3.26. The molecule has 0 bridgehead atoms. The van der Waals surface area contributed by atoms with Crippen molar-refractivity contribution in [3.8, 4) is 0 Å². The molecule has 2 rings (SSSR count). The van der Waals surface area contributed by atoms with Crippen molar-refractivity contribution in [1.29, 1.82) is 0 Å². The molecule has 0 aliphatic heterocycles. The van der Waals surface area contributed by atoms with Crippen molar-refractivity contribution in [3.63, 3.8) is 0 Å². The highest BCUT2D eigenvalue weighted by Crippen LogP contribution is 2.30. The average Bonchev–Trinajstić information content (AvgIpc) is 2.91. The molecule has 1 aliphatic carbocycles. The van der Waals surface area contributed by atoms with Crippen molar-refractivity contribution in [3.05, 3.63) is 18.3 Å². The van der Waals surface area contributed by atoms with Gasteiger partial charge in [-0.1, -0.05) is 0 Å². The first-order valence-corrected chi connectivity index (χ1v) is 5.86. The number of nitrogen functional groups attached to an aromatic ring is 1. The molecule has 0 spiro atoms. The van der Waals surface area contributed by atoms with Gasteiger partial charge < -0.3 is 5.73 Å². The fraction of sp³-hybridized carbons (Fsp3) is 0.375. The molecule has 1 heterocycles. The van der Waals surface area contributed by atoms with Crippen LogP contribution in [-0.2, 0) is 10.0 Å². The third kappa shape index (κ3) is 1.79. The molecule has 1 fully saturated rings. The topological polar surface area (TPSA) is 85.1 Å². The Hall–Kier alpha value is -1.30. The number of hydrogen-bond acceptors (Lipinski definition) is 4. The monoisotopic (exact) mass is 213 g/mol. The zero-order chi connectivity index (χ0) is 10.2. The lowest BCUT2D eigenvalue weighted by Gasteiger charge is -2.07. The van der Waals surface area contributed by atoms with Gasteiger partial charge in [0, 0.05) is 6.20 Å². The second kappa shape index (κ2) is 3.13. The molecule has 1 aromatic heterocycles. The molecule has 6 heteroatoms. The highest BCUT2D eigenvalue weighted by molar-refractivity contribution is 7.93. The Kier molecular flexibility index (Phi) is 2.07. The van der Waals surface area contributed by atoms with Crippen LogP contribution in [0.25, 0.3) is 0 Å². The molecule has 3 N–H and O–H groups in total. The van der Waals surface area contributed by atoms with E-state index in [1.165, 1.54) is 6.20 Å². The molecule has 14 heavy (non-hydrogen) atoms. The van der Waals surface area contributed by atoms with Crippen LogP contribution in [0.15, 0.2) is 18.3 Å². The highest BCUT2D eigenvalue weighted by Gasteiger charge is 2.36. The van der Waals surface area contributed by atoms with Crippen LogP contribution in [0.1, 0.15) is 12.8 Å². The lowest BCUT2D eigenvalue weighted by atomic mass is 10.4. The number of rotatable bonds is 3. The van der Waals surface area contributed by atoms with E-state index in [0.717, 1.165) is 12.8 Å². The van der Waals surface area contributed by atoms with E-state index in [2.05, 4.69) is 9.71 Å². The molecule has 0 atom stereocenters. The fourth-order valence-electron chi connectivity index (χ4n) is 1.10. The molecule has 1 aliphatic rings. The van der Waals surface area contributed by atoms with Crippen molar-refractivity contribution < 1.29 is 8.42 Å². The summed E-state index contributed by atoms with van der Waals surface area (Å²) in [6.45, 7) is 0. The van der Waals surface area contributed by atoms with E-state index in [-0.39, 0.29) is 11.1 Å². The van der Waals surface area contributed by atoms with Crippen molar-refractivity contribution in [2.24, 2.45) is 0 Å². The number of nitrogens with two attached hydrogens (primary N) is 1. The third-order valence-corrected chi connectivity index (χ3v) is 3.87. The SMILES string of the molecule is Nc1cccnc1NS(=O)(=O)C1CC1. The van der Waals surface area contributed by atoms with E-state index in [9.17, 15) is 8.42 Å². The molecule has 0 amide bonds. The lowest BCUT2D eigenvalue weighted by molar-refractivity contribution is 0.600. The Morgan fingerprint density at radius 2 is 2.21 bits per heavy atom. The van der Waals surface area contributed by atoms with Gasteiger partial charge in [-0.2, -0.15) is 0 Å². The number of anilines is 2. The maximum atomic E-state index is 11.5. The Morgan fingerprint density at radius 1 is 1.50 bits per heavy atom. The number of sulfonamides is 1. The van der Waals surface area contributed by atoms with Crippen LogP contribution in [0, 0.1) is 0 Å². The molecule has 0 aromatic carbocycles. The summed E-state index contributed by atoms with van der Waals surface area (Å²) < 4.78 is 25.4. The van der Waals surface area contributed by atoms with E-state index in [1.54, 1.807) is 12.1 Å². The van der Waals surface area contributed by atoms with Crippen molar-refractivity contribution in [2.75, 3.05) is 10.5 Å². The minimum absolute atomic E-state index is 0.222. The highest BCUT2D eigenvalue weighted by atomic mass is 32.2. The summed E-state index contributed by atoms with van der Waals surface area (Å²) in [5.41, 5.74) is 5.90. The molecule has 1 aromatic rings. The Balaban J connectivity index is 2.22. The predicted molar refractivity (Wildman–Crippen MR) is 54.2 cm³/mol. The maximum Gasteiger partial charge on any atom is 0.236 e. The summed E-state index contributed by atoms with van der Waals surface area (Å²) in [4.78, 5) is 3.86. The maximum absolute atomic E-state index is 11.5. The summed E-state index contributed by atoms with van der Waals surface area (Å²) >= 11 is 0. The first kappa shape index (κ1) is 9.26. The van der Waals surface area contributed by atoms with E-state index >= 15 is 0 Å². The quantitative estimate of drug-likeness (QED) is 0.768. The fourth-order valence-corrected chi connectivity index (χ4v) is 2.46. The standard InChI is InChI=1S/C8H11N3O2S/c9-7-2-1-5-10-8(7)11-14(12,13)6-3-4-6/h1-2,5-6H,3-4,9H2,(H,10,11). The summed E-state index contributed by atoms with van der Waals surface area (Å²) in [5, 5.41) is -0.260. The minimum Gasteiger partial charge on any atom is -0.396 e. The second-order valence-electron chi connectivity index (χ2n) is 3.29. The van der Waals surface area contributed by atoms with E-state index < -0.39 is 10.0 Å². The zero-order valence-corrected chi connectivity index (χ0v) is 8.29.